The lowest BCUT2D eigenvalue weighted by Gasteiger charge is -2.34. The van der Waals surface area contributed by atoms with Gasteiger partial charge in [0.1, 0.15) is 5.75 Å². The van der Waals surface area contributed by atoms with Crippen molar-refractivity contribution in [2.45, 2.75) is 39.0 Å². The van der Waals surface area contributed by atoms with Gasteiger partial charge in [-0.05, 0) is 60.0 Å². The summed E-state index contributed by atoms with van der Waals surface area (Å²) in [6, 6.07) is 16.9. The maximum absolute atomic E-state index is 12.9. The van der Waals surface area contributed by atoms with Crippen molar-refractivity contribution in [1.29, 1.82) is 0 Å². The number of hydrogen-bond donors (Lipinski definition) is 2. The van der Waals surface area contributed by atoms with E-state index in [-0.39, 0.29) is 19.1 Å². The molecule has 8 nitrogen and oxygen atoms in total. The molecule has 11 heteroatoms. The van der Waals surface area contributed by atoms with Crippen molar-refractivity contribution >= 4 is 10.9 Å². The number of aromatic nitrogens is 1. The summed E-state index contributed by atoms with van der Waals surface area (Å²) in [4.78, 5) is 4.89. The lowest BCUT2D eigenvalue weighted by Crippen LogP contribution is -2.45. The number of nitrogens with two attached hydrogens (primary N) is 2. The number of ether oxygens (including phenoxy) is 3. The van der Waals surface area contributed by atoms with Gasteiger partial charge < -0.3 is 30.2 Å². The average Bonchev–Trinajstić information content (AvgIpc) is 3.61. The van der Waals surface area contributed by atoms with E-state index in [2.05, 4.69) is 49.6 Å². The van der Waals surface area contributed by atoms with E-state index in [9.17, 15) is 13.2 Å². The van der Waals surface area contributed by atoms with Crippen LogP contribution in [0.25, 0.3) is 22.0 Å². The second kappa shape index (κ2) is 12.5. The molecule has 0 unspecified atom stereocenters. The SMILES string of the molecule is NCCCn1cc(-c2ccc(OC(F)(F)F)cc2CN)c2cc(CN3CCN(Cc4cccc5c4OCO5)CC3)ccc21. The Kier molecular flexibility index (Phi) is 8.49. The molecule has 1 fully saturated rings. The van der Waals surface area contributed by atoms with Crippen LogP contribution in [0.2, 0.25) is 0 Å². The molecule has 3 aromatic carbocycles. The predicted molar refractivity (Wildman–Crippen MR) is 159 cm³/mol. The van der Waals surface area contributed by atoms with E-state index < -0.39 is 6.36 Å². The normalized spacial score (nSPS) is 15.8. The molecule has 4 N–H and O–H groups in total. The van der Waals surface area contributed by atoms with Gasteiger partial charge in [-0.1, -0.05) is 24.3 Å². The molecule has 4 aromatic rings. The lowest BCUT2D eigenvalue weighted by molar-refractivity contribution is -0.274. The topological polar surface area (TPSA) is 91.1 Å². The zero-order chi connectivity index (χ0) is 30.0. The number of fused-ring (bicyclic) bond motifs is 2. The fourth-order valence-electron chi connectivity index (χ4n) is 6.02. The van der Waals surface area contributed by atoms with E-state index in [0.29, 0.717) is 12.1 Å². The van der Waals surface area contributed by atoms with Crippen LogP contribution in [0.3, 0.4) is 0 Å². The highest BCUT2D eigenvalue weighted by molar-refractivity contribution is 5.97. The zero-order valence-electron chi connectivity index (χ0n) is 23.9. The van der Waals surface area contributed by atoms with Crippen LogP contribution in [0, 0.1) is 0 Å². The molecule has 2 aliphatic heterocycles. The van der Waals surface area contributed by atoms with Gasteiger partial charge in [0.2, 0.25) is 6.79 Å². The number of nitrogens with zero attached hydrogens (tertiary/aromatic N) is 3. The number of alkyl halides is 3. The molecule has 0 bridgehead atoms. The smallest absolute Gasteiger partial charge is 0.454 e. The van der Waals surface area contributed by atoms with Gasteiger partial charge in [0.15, 0.2) is 11.5 Å². The first-order valence-electron chi connectivity index (χ1n) is 14.5. The van der Waals surface area contributed by atoms with Crippen LogP contribution in [0.1, 0.15) is 23.1 Å². The number of hydrogen-bond acceptors (Lipinski definition) is 7. The van der Waals surface area contributed by atoms with Crippen LogP contribution in [0.4, 0.5) is 13.2 Å². The molecule has 6 rings (SSSR count). The predicted octanol–water partition coefficient (Wildman–Crippen LogP) is 5.06. The van der Waals surface area contributed by atoms with Gasteiger partial charge in [-0.15, -0.1) is 13.2 Å². The summed E-state index contributed by atoms with van der Waals surface area (Å²) >= 11 is 0. The van der Waals surface area contributed by atoms with Crippen molar-refractivity contribution in [3.63, 3.8) is 0 Å². The van der Waals surface area contributed by atoms with Gasteiger partial charge in [0, 0.05) is 80.6 Å². The first-order chi connectivity index (χ1) is 20.8. The molecule has 0 atom stereocenters. The second-order valence-corrected chi connectivity index (χ2v) is 11.0. The molecule has 2 aliphatic rings. The minimum absolute atomic E-state index is 0.0781. The number of piperazine rings is 1. The maximum atomic E-state index is 12.9. The largest absolute Gasteiger partial charge is 0.573 e. The van der Waals surface area contributed by atoms with Gasteiger partial charge in [0.25, 0.3) is 0 Å². The minimum atomic E-state index is -4.77. The number of para-hydroxylation sites is 1. The van der Waals surface area contributed by atoms with E-state index in [1.807, 2.05) is 12.1 Å². The van der Waals surface area contributed by atoms with E-state index in [0.717, 1.165) is 91.3 Å². The van der Waals surface area contributed by atoms with E-state index in [1.54, 1.807) is 6.07 Å². The number of aryl methyl sites for hydroxylation is 1. The summed E-state index contributed by atoms with van der Waals surface area (Å²) in [5.74, 6) is 1.39. The Morgan fingerprint density at radius 3 is 2.37 bits per heavy atom. The van der Waals surface area contributed by atoms with Crippen molar-refractivity contribution in [2.75, 3.05) is 39.5 Å². The van der Waals surface area contributed by atoms with Crippen molar-refractivity contribution in [3.8, 4) is 28.4 Å². The Bertz CT molecular complexity index is 1580. The van der Waals surface area contributed by atoms with Crippen molar-refractivity contribution in [1.82, 2.24) is 14.4 Å². The molecule has 0 saturated carbocycles. The number of benzene rings is 3. The lowest BCUT2D eigenvalue weighted by atomic mass is 9.98. The van der Waals surface area contributed by atoms with Crippen molar-refractivity contribution in [3.05, 3.63) is 77.5 Å². The van der Waals surface area contributed by atoms with Gasteiger partial charge in [-0.2, -0.15) is 0 Å². The third kappa shape index (κ3) is 6.59. The second-order valence-electron chi connectivity index (χ2n) is 11.0. The standard InChI is InChI=1S/C32H36F3N5O3/c33-32(34,35)43-25-6-7-26(24(16-25)17-37)28-20-40(10-2-9-36)29-8-5-22(15-27(28)29)18-38-11-13-39(14-12-38)19-23-3-1-4-30-31(23)42-21-41-30/h1,3-8,15-16,20H,2,9-14,17-19,21,36-37H2. The molecule has 0 spiro atoms. The summed E-state index contributed by atoms with van der Waals surface area (Å²) in [6.07, 6.45) is -1.91. The molecule has 1 saturated heterocycles. The summed E-state index contributed by atoms with van der Waals surface area (Å²) in [5, 5.41) is 1.03. The molecule has 228 valence electrons. The highest BCUT2D eigenvalue weighted by atomic mass is 19.4. The summed E-state index contributed by atoms with van der Waals surface area (Å²) < 4.78 is 56.1. The van der Waals surface area contributed by atoms with Crippen LogP contribution in [0.15, 0.2) is 60.8 Å². The molecular weight excluding hydrogens is 559 g/mol. The highest BCUT2D eigenvalue weighted by Gasteiger charge is 2.31. The first-order valence-corrected chi connectivity index (χ1v) is 14.5. The molecule has 3 heterocycles. The third-order valence-electron chi connectivity index (χ3n) is 8.11. The van der Waals surface area contributed by atoms with Crippen molar-refractivity contribution < 1.29 is 27.4 Å². The highest BCUT2D eigenvalue weighted by Crippen LogP contribution is 2.37. The minimum Gasteiger partial charge on any atom is -0.454 e. The molecule has 43 heavy (non-hydrogen) atoms. The van der Waals surface area contributed by atoms with Crippen LogP contribution in [-0.4, -0.2) is 60.2 Å². The number of rotatable bonds is 10. The van der Waals surface area contributed by atoms with E-state index in [4.69, 9.17) is 20.9 Å². The number of halogens is 3. The summed E-state index contributed by atoms with van der Waals surface area (Å²) in [5.41, 5.74) is 17.5. The fraction of sp³-hybridized carbons (Fsp3) is 0.375. The fourth-order valence-corrected chi connectivity index (χ4v) is 6.02. The Balaban J connectivity index is 1.20. The zero-order valence-corrected chi connectivity index (χ0v) is 23.9. The van der Waals surface area contributed by atoms with Crippen LogP contribution in [0.5, 0.6) is 17.2 Å². The van der Waals surface area contributed by atoms with Crippen LogP contribution in [-0.2, 0) is 26.2 Å². The van der Waals surface area contributed by atoms with E-state index >= 15 is 0 Å². The van der Waals surface area contributed by atoms with Crippen LogP contribution < -0.4 is 25.7 Å². The van der Waals surface area contributed by atoms with Crippen LogP contribution >= 0.6 is 0 Å². The maximum Gasteiger partial charge on any atom is 0.573 e. The van der Waals surface area contributed by atoms with E-state index in [1.165, 1.54) is 17.7 Å². The van der Waals surface area contributed by atoms with Crippen molar-refractivity contribution in [2.24, 2.45) is 11.5 Å². The molecule has 0 radical (unpaired) electrons. The average molecular weight is 596 g/mol. The third-order valence-corrected chi connectivity index (χ3v) is 8.11. The monoisotopic (exact) mass is 595 g/mol. The molecular formula is C32H36F3N5O3. The molecule has 0 amide bonds. The quantitative estimate of drug-likeness (QED) is 0.265. The van der Waals surface area contributed by atoms with Gasteiger partial charge in [-0.25, -0.2) is 0 Å². The molecule has 1 aromatic heterocycles. The van der Waals surface area contributed by atoms with Gasteiger partial charge in [-0.3, -0.25) is 9.80 Å². The Morgan fingerprint density at radius 1 is 0.837 bits per heavy atom. The first kappa shape index (κ1) is 29.3. The Labute approximate surface area is 248 Å². The summed E-state index contributed by atoms with van der Waals surface area (Å²) in [7, 11) is 0. The Morgan fingerprint density at radius 2 is 1.63 bits per heavy atom. The molecule has 0 aliphatic carbocycles. The van der Waals surface area contributed by atoms with Gasteiger partial charge in [0.05, 0.1) is 0 Å². The van der Waals surface area contributed by atoms with Gasteiger partial charge >= 0.3 is 6.36 Å². The Hall–Kier alpha value is -3.77. The summed E-state index contributed by atoms with van der Waals surface area (Å²) in [6.45, 7) is 7.04.